The van der Waals surface area contributed by atoms with Gasteiger partial charge in [-0.3, -0.25) is 4.98 Å². The lowest BCUT2D eigenvalue weighted by atomic mass is 9.82. The summed E-state index contributed by atoms with van der Waals surface area (Å²) in [7, 11) is 0. The fourth-order valence-electron chi connectivity index (χ4n) is 3.36. The van der Waals surface area contributed by atoms with Gasteiger partial charge < -0.3 is 0 Å². The van der Waals surface area contributed by atoms with Gasteiger partial charge in [0.1, 0.15) is 5.54 Å². The molecule has 0 saturated heterocycles. The zero-order valence-corrected chi connectivity index (χ0v) is 15.1. The largest absolute Gasteiger partial charge is 0.254 e. The van der Waals surface area contributed by atoms with Crippen molar-refractivity contribution >= 4 is 21.8 Å². The van der Waals surface area contributed by atoms with Crippen LogP contribution in [-0.2, 0) is 5.54 Å². The molecule has 126 valence electrons. The number of hydrogen-bond acceptors (Lipinski definition) is 4. The molecule has 1 unspecified atom stereocenters. The Balaban J connectivity index is 1.97. The Morgan fingerprint density at radius 2 is 1.60 bits per heavy atom. The minimum Gasteiger partial charge on any atom is -0.254 e. The highest BCUT2D eigenvalue weighted by atomic mass is 15.2. The molecule has 4 heteroatoms. The molecule has 0 bridgehead atoms. The van der Waals surface area contributed by atoms with Crippen molar-refractivity contribution in [3.05, 3.63) is 60.1 Å². The lowest BCUT2D eigenvalue weighted by molar-refractivity contribution is 0.387. The number of pyridine rings is 2. The second kappa shape index (κ2) is 5.73. The lowest BCUT2D eigenvalue weighted by Gasteiger charge is -2.26. The summed E-state index contributed by atoms with van der Waals surface area (Å²) in [4.78, 5) is 9.57. The molecule has 3 aromatic rings. The second-order valence-corrected chi connectivity index (χ2v) is 7.31. The highest BCUT2D eigenvalue weighted by molar-refractivity contribution is 6.02. The maximum atomic E-state index is 5.01. The molecular formula is C21H22N4. The number of fused-ring (bicyclic) bond motifs is 3. The molecule has 0 aliphatic carbocycles. The molecule has 0 fully saturated rings. The lowest BCUT2D eigenvalue weighted by Crippen LogP contribution is -2.27. The Kier molecular flexibility index (Phi) is 3.64. The number of aromatic nitrogens is 2. The normalized spacial score (nSPS) is 20.2. The van der Waals surface area contributed by atoms with Crippen molar-refractivity contribution in [3.63, 3.8) is 0 Å². The van der Waals surface area contributed by atoms with Crippen LogP contribution in [0.3, 0.4) is 0 Å². The van der Waals surface area contributed by atoms with Gasteiger partial charge in [-0.2, -0.15) is 10.2 Å². The van der Waals surface area contributed by atoms with E-state index in [9.17, 15) is 0 Å². The third kappa shape index (κ3) is 2.44. The molecule has 4 rings (SSSR count). The number of rotatable bonds is 3. The fraction of sp³-hybridized carbons (Fsp3) is 0.333. The Hall–Kier alpha value is -2.62. The van der Waals surface area contributed by atoms with Gasteiger partial charge >= 0.3 is 0 Å². The Bertz CT molecular complexity index is 1020. The number of hydrogen-bond donors (Lipinski definition) is 0. The van der Waals surface area contributed by atoms with Crippen LogP contribution in [0, 0.1) is 11.8 Å². The summed E-state index contributed by atoms with van der Waals surface area (Å²) in [6.45, 7) is 8.64. The third-order valence-corrected chi connectivity index (χ3v) is 5.01. The van der Waals surface area contributed by atoms with Crippen molar-refractivity contribution in [2.24, 2.45) is 22.1 Å². The first-order valence-electron chi connectivity index (χ1n) is 8.82. The molecule has 0 spiro atoms. The quantitative estimate of drug-likeness (QED) is 0.583. The standard InChI is InChI=1S/C21H22N4/c1-13(2)17-12-21(14(3)4,25-24-17)18-10-9-16-8-7-15-6-5-11-22-19(15)20(16)23-18/h5-14H,1-4H3. The Morgan fingerprint density at radius 3 is 2.28 bits per heavy atom. The first-order chi connectivity index (χ1) is 12.0. The van der Waals surface area contributed by atoms with E-state index in [1.54, 1.807) is 0 Å². The van der Waals surface area contributed by atoms with Gasteiger partial charge in [-0.15, -0.1) is 0 Å². The van der Waals surface area contributed by atoms with Gasteiger partial charge in [0.2, 0.25) is 0 Å². The average molecular weight is 330 g/mol. The summed E-state index contributed by atoms with van der Waals surface area (Å²) in [5.41, 5.74) is 3.34. The molecule has 3 heterocycles. The molecule has 0 N–H and O–H groups in total. The first kappa shape index (κ1) is 15.9. The summed E-state index contributed by atoms with van der Waals surface area (Å²) in [6, 6.07) is 12.4. The summed E-state index contributed by atoms with van der Waals surface area (Å²) in [5, 5.41) is 11.3. The molecule has 1 aliphatic rings. The first-order valence-corrected chi connectivity index (χ1v) is 8.82. The van der Waals surface area contributed by atoms with E-state index in [0.29, 0.717) is 5.92 Å². The Labute approximate surface area is 147 Å². The molecule has 0 radical (unpaired) electrons. The van der Waals surface area contributed by atoms with Crippen molar-refractivity contribution in [2.75, 3.05) is 0 Å². The maximum absolute atomic E-state index is 5.01. The number of benzene rings is 1. The molecule has 25 heavy (non-hydrogen) atoms. The third-order valence-electron chi connectivity index (χ3n) is 5.01. The SMILES string of the molecule is CC(C)C1=CC(c2ccc3ccc4cccnc4c3n2)(C(C)C)N=N1. The van der Waals surface area contributed by atoms with Gasteiger partial charge in [0.15, 0.2) is 0 Å². The smallest absolute Gasteiger partial charge is 0.146 e. The molecular weight excluding hydrogens is 308 g/mol. The monoisotopic (exact) mass is 330 g/mol. The molecule has 0 amide bonds. The van der Waals surface area contributed by atoms with Crippen LogP contribution in [-0.4, -0.2) is 9.97 Å². The van der Waals surface area contributed by atoms with Gasteiger partial charge in [0.05, 0.1) is 22.4 Å². The van der Waals surface area contributed by atoms with E-state index in [4.69, 9.17) is 4.98 Å². The summed E-state index contributed by atoms with van der Waals surface area (Å²) in [6.07, 6.45) is 4.01. The van der Waals surface area contributed by atoms with Crippen molar-refractivity contribution in [3.8, 4) is 0 Å². The van der Waals surface area contributed by atoms with E-state index >= 15 is 0 Å². The van der Waals surface area contributed by atoms with Crippen LogP contribution in [0.4, 0.5) is 0 Å². The molecule has 2 aromatic heterocycles. The number of nitrogens with zero attached hydrogens (tertiary/aromatic N) is 4. The molecule has 1 atom stereocenters. The topological polar surface area (TPSA) is 50.5 Å². The van der Waals surface area contributed by atoms with Crippen LogP contribution < -0.4 is 0 Å². The van der Waals surface area contributed by atoms with Crippen molar-refractivity contribution < 1.29 is 0 Å². The van der Waals surface area contributed by atoms with Crippen LogP contribution in [0.1, 0.15) is 33.4 Å². The van der Waals surface area contributed by atoms with Crippen LogP contribution in [0.5, 0.6) is 0 Å². The summed E-state index contributed by atoms with van der Waals surface area (Å²) in [5.74, 6) is 0.618. The van der Waals surface area contributed by atoms with Crippen LogP contribution in [0.25, 0.3) is 21.8 Å². The van der Waals surface area contributed by atoms with E-state index in [0.717, 1.165) is 33.2 Å². The van der Waals surface area contributed by atoms with E-state index in [1.165, 1.54) is 0 Å². The van der Waals surface area contributed by atoms with Gasteiger partial charge in [0, 0.05) is 17.0 Å². The second-order valence-electron chi connectivity index (χ2n) is 7.31. The summed E-state index contributed by atoms with van der Waals surface area (Å²) >= 11 is 0. The minimum atomic E-state index is -0.495. The van der Waals surface area contributed by atoms with Crippen LogP contribution in [0.2, 0.25) is 0 Å². The van der Waals surface area contributed by atoms with Crippen LogP contribution in [0.15, 0.2) is 64.6 Å². The average Bonchev–Trinajstić information content (AvgIpc) is 3.08. The zero-order chi connectivity index (χ0) is 17.6. The molecule has 4 nitrogen and oxygen atoms in total. The van der Waals surface area contributed by atoms with Crippen molar-refractivity contribution in [1.29, 1.82) is 0 Å². The van der Waals surface area contributed by atoms with Crippen LogP contribution >= 0.6 is 0 Å². The van der Waals surface area contributed by atoms with E-state index < -0.39 is 5.54 Å². The molecule has 1 aliphatic heterocycles. The maximum Gasteiger partial charge on any atom is 0.146 e. The van der Waals surface area contributed by atoms with E-state index in [2.05, 4.69) is 79.3 Å². The highest BCUT2D eigenvalue weighted by Gasteiger charge is 2.39. The summed E-state index contributed by atoms with van der Waals surface area (Å²) < 4.78 is 0. The highest BCUT2D eigenvalue weighted by Crippen LogP contribution is 2.42. The molecule has 0 saturated carbocycles. The molecule has 1 aromatic carbocycles. The van der Waals surface area contributed by atoms with Gasteiger partial charge in [-0.05, 0) is 30.0 Å². The van der Waals surface area contributed by atoms with Crippen molar-refractivity contribution in [2.45, 2.75) is 33.2 Å². The zero-order valence-electron chi connectivity index (χ0n) is 15.1. The van der Waals surface area contributed by atoms with Gasteiger partial charge in [-0.1, -0.05) is 52.0 Å². The predicted octanol–water partition coefficient (Wildman–Crippen LogP) is 5.64. The predicted molar refractivity (Wildman–Crippen MR) is 101 cm³/mol. The number of azo groups is 1. The van der Waals surface area contributed by atoms with E-state index in [-0.39, 0.29) is 5.92 Å². The van der Waals surface area contributed by atoms with Gasteiger partial charge in [-0.25, -0.2) is 4.98 Å². The Morgan fingerprint density at radius 1 is 0.880 bits per heavy atom. The van der Waals surface area contributed by atoms with E-state index in [1.807, 2.05) is 12.3 Å². The van der Waals surface area contributed by atoms with Crippen molar-refractivity contribution in [1.82, 2.24) is 9.97 Å². The minimum absolute atomic E-state index is 0.264. The van der Waals surface area contributed by atoms with Gasteiger partial charge in [0.25, 0.3) is 0 Å². The number of allylic oxidation sites excluding steroid dienone is 1. The fourth-order valence-corrected chi connectivity index (χ4v) is 3.36.